The van der Waals surface area contributed by atoms with Crippen molar-refractivity contribution in [2.45, 2.75) is 18.6 Å². The zero-order valence-corrected chi connectivity index (χ0v) is 21.7. The van der Waals surface area contributed by atoms with Crippen molar-refractivity contribution in [3.63, 3.8) is 0 Å². The predicted octanol–water partition coefficient (Wildman–Crippen LogP) is 4.17. The summed E-state index contributed by atoms with van der Waals surface area (Å²) in [7, 11) is 5.61. The first-order chi connectivity index (χ1) is 18.4. The summed E-state index contributed by atoms with van der Waals surface area (Å²) >= 11 is 0. The summed E-state index contributed by atoms with van der Waals surface area (Å²) in [5.41, 5.74) is 2.06. The van der Waals surface area contributed by atoms with Gasteiger partial charge in [0, 0.05) is 12.7 Å². The molecule has 0 saturated carbocycles. The second-order valence-electron chi connectivity index (χ2n) is 8.68. The number of rotatable bonds is 8. The number of aromatic nitrogens is 1. The van der Waals surface area contributed by atoms with Gasteiger partial charge in [-0.2, -0.15) is 0 Å². The van der Waals surface area contributed by atoms with Crippen LogP contribution in [0.25, 0.3) is 0 Å². The first-order valence-electron chi connectivity index (χ1n) is 12.0. The molecule has 0 aliphatic carbocycles. The normalized spacial score (nSPS) is 19.5. The molecule has 0 spiro atoms. The molecule has 3 atom stereocenters. The van der Waals surface area contributed by atoms with Crippen molar-refractivity contribution in [3.05, 3.63) is 101 Å². The number of pyridine rings is 1. The zero-order chi connectivity index (χ0) is 27.2. The first kappa shape index (κ1) is 26.7. The third kappa shape index (κ3) is 5.19. The fourth-order valence-corrected chi connectivity index (χ4v) is 4.87. The van der Waals surface area contributed by atoms with Crippen molar-refractivity contribution < 1.29 is 33.6 Å². The largest absolute Gasteiger partial charge is 0.511 e. The van der Waals surface area contributed by atoms with Crippen LogP contribution in [0.15, 0.2) is 84.3 Å². The van der Waals surface area contributed by atoms with Gasteiger partial charge >= 0.3 is 11.9 Å². The second kappa shape index (κ2) is 11.8. The van der Waals surface area contributed by atoms with Crippen molar-refractivity contribution in [1.82, 2.24) is 9.88 Å². The van der Waals surface area contributed by atoms with E-state index in [9.17, 15) is 14.7 Å². The summed E-state index contributed by atoms with van der Waals surface area (Å²) in [4.78, 5) is 32.9. The number of ether oxygens (including phenoxy) is 4. The number of aliphatic hydroxyl groups is 1. The van der Waals surface area contributed by atoms with E-state index in [1.807, 2.05) is 47.4 Å². The highest BCUT2D eigenvalue weighted by Crippen LogP contribution is 2.49. The molecular weight excluding hydrogens is 488 g/mol. The lowest BCUT2D eigenvalue weighted by Crippen LogP contribution is -2.47. The van der Waals surface area contributed by atoms with Crippen LogP contribution in [0.2, 0.25) is 0 Å². The van der Waals surface area contributed by atoms with E-state index >= 15 is 0 Å². The fourth-order valence-electron chi connectivity index (χ4n) is 4.87. The number of benzene rings is 2. The quantitative estimate of drug-likeness (QED) is 0.440. The number of methoxy groups -OCH3 is 4. The Morgan fingerprint density at radius 3 is 1.95 bits per heavy atom. The Labute approximate surface area is 221 Å². The minimum atomic E-state index is -1.21. The van der Waals surface area contributed by atoms with E-state index in [4.69, 9.17) is 18.9 Å². The van der Waals surface area contributed by atoms with E-state index in [1.54, 1.807) is 44.7 Å². The zero-order valence-electron chi connectivity index (χ0n) is 21.7. The van der Waals surface area contributed by atoms with Crippen LogP contribution in [-0.4, -0.2) is 55.4 Å². The monoisotopic (exact) mass is 518 g/mol. The van der Waals surface area contributed by atoms with Gasteiger partial charge in [0.25, 0.3) is 0 Å². The number of aliphatic hydroxyl groups excluding tert-OH is 1. The van der Waals surface area contributed by atoms with Gasteiger partial charge < -0.3 is 24.1 Å². The molecule has 1 aliphatic rings. The molecule has 2 aromatic carbocycles. The molecule has 3 aromatic rings. The summed E-state index contributed by atoms with van der Waals surface area (Å²) < 4.78 is 20.9. The van der Waals surface area contributed by atoms with Crippen LogP contribution in [0.4, 0.5) is 0 Å². The SMILES string of the molecule is COC(=O)C1=C(O)C(C(=O)OC)C(c2ccc(OC)cc2)N(Cc2ccccn2)C1c1ccc(OC)cc1. The van der Waals surface area contributed by atoms with Gasteiger partial charge in [0.2, 0.25) is 0 Å². The number of hydrogen-bond acceptors (Lipinski definition) is 9. The highest BCUT2D eigenvalue weighted by Gasteiger charge is 2.50. The number of carbonyl (C=O) groups is 2. The minimum absolute atomic E-state index is 0.0474. The molecule has 4 rings (SSSR count). The lowest BCUT2D eigenvalue weighted by molar-refractivity contribution is -0.150. The average Bonchev–Trinajstić information content (AvgIpc) is 2.97. The van der Waals surface area contributed by atoms with E-state index in [0.717, 1.165) is 0 Å². The number of hydrogen-bond donors (Lipinski definition) is 1. The maximum atomic E-state index is 13.2. The van der Waals surface area contributed by atoms with Crippen molar-refractivity contribution in [1.29, 1.82) is 0 Å². The summed E-state index contributed by atoms with van der Waals surface area (Å²) in [5, 5.41) is 11.6. The van der Waals surface area contributed by atoms with Gasteiger partial charge in [-0.15, -0.1) is 0 Å². The Morgan fingerprint density at radius 1 is 0.842 bits per heavy atom. The van der Waals surface area contributed by atoms with Crippen LogP contribution in [0.3, 0.4) is 0 Å². The Hall–Kier alpha value is -4.37. The molecule has 38 heavy (non-hydrogen) atoms. The molecule has 0 saturated heterocycles. The number of nitrogens with zero attached hydrogens (tertiary/aromatic N) is 2. The van der Waals surface area contributed by atoms with Crippen molar-refractivity contribution >= 4 is 11.9 Å². The highest BCUT2D eigenvalue weighted by atomic mass is 16.5. The summed E-state index contributed by atoms with van der Waals surface area (Å²) in [6.45, 7) is 0.246. The first-order valence-corrected chi connectivity index (χ1v) is 12.0. The van der Waals surface area contributed by atoms with E-state index in [2.05, 4.69) is 4.98 Å². The summed E-state index contributed by atoms with van der Waals surface area (Å²) in [5.74, 6) is -1.78. The Kier molecular flexibility index (Phi) is 8.28. The standard InChI is InChI=1S/C29H30N2O7/c1-35-21-12-8-18(9-13-21)25-23(28(33)37-3)27(32)24(29(34)38-4)26(19-10-14-22(36-2)15-11-19)31(25)17-20-7-5-6-16-30-20/h5-16,23,25-26,32H,17H2,1-4H3. The molecule has 2 heterocycles. The van der Waals surface area contributed by atoms with Gasteiger partial charge in [-0.1, -0.05) is 30.3 Å². The van der Waals surface area contributed by atoms with Crippen LogP contribution in [0.1, 0.15) is 28.9 Å². The fraction of sp³-hybridized carbons (Fsp3) is 0.276. The average molecular weight is 519 g/mol. The molecular formula is C29H30N2O7. The van der Waals surface area contributed by atoms with Crippen LogP contribution < -0.4 is 9.47 Å². The van der Waals surface area contributed by atoms with Crippen LogP contribution in [0.5, 0.6) is 11.5 Å². The van der Waals surface area contributed by atoms with Gasteiger partial charge in [-0.3, -0.25) is 14.7 Å². The number of esters is 2. The lowest BCUT2D eigenvalue weighted by Gasteiger charge is -2.45. The van der Waals surface area contributed by atoms with Crippen molar-refractivity contribution in [2.24, 2.45) is 5.92 Å². The Bertz CT molecular complexity index is 1290. The maximum Gasteiger partial charge on any atom is 0.339 e. The summed E-state index contributed by atoms with van der Waals surface area (Å²) in [6.07, 6.45) is 1.68. The lowest BCUT2D eigenvalue weighted by atomic mass is 9.79. The molecule has 9 heteroatoms. The van der Waals surface area contributed by atoms with Gasteiger partial charge in [0.1, 0.15) is 23.2 Å². The molecule has 198 valence electrons. The molecule has 1 aromatic heterocycles. The molecule has 3 unspecified atom stereocenters. The molecule has 0 fully saturated rings. The van der Waals surface area contributed by atoms with E-state index in [-0.39, 0.29) is 12.1 Å². The van der Waals surface area contributed by atoms with Gasteiger partial charge in [0.05, 0.1) is 51.8 Å². The molecule has 1 N–H and O–H groups in total. The predicted molar refractivity (Wildman–Crippen MR) is 138 cm³/mol. The van der Waals surface area contributed by atoms with Crippen molar-refractivity contribution in [2.75, 3.05) is 28.4 Å². The highest BCUT2D eigenvalue weighted by molar-refractivity contribution is 5.93. The van der Waals surface area contributed by atoms with Gasteiger partial charge in [-0.25, -0.2) is 4.79 Å². The molecule has 0 bridgehead atoms. The maximum absolute atomic E-state index is 13.2. The molecule has 1 aliphatic heterocycles. The minimum Gasteiger partial charge on any atom is -0.511 e. The van der Waals surface area contributed by atoms with Crippen LogP contribution >= 0.6 is 0 Å². The Morgan fingerprint density at radius 2 is 1.45 bits per heavy atom. The third-order valence-corrected chi connectivity index (χ3v) is 6.67. The third-order valence-electron chi connectivity index (χ3n) is 6.67. The van der Waals surface area contributed by atoms with E-state index < -0.39 is 35.7 Å². The molecule has 9 nitrogen and oxygen atoms in total. The van der Waals surface area contributed by atoms with E-state index in [1.165, 1.54) is 14.2 Å². The second-order valence-corrected chi connectivity index (χ2v) is 8.68. The number of carbonyl (C=O) groups excluding carboxylic acids is 2. The van der Waals surface area contributed by atoms with Crippen LogP contribution in [-0.2, 0) is 25.6 Å². The topological polar surface area (TPSA) is 107 Å². The van der Waals surface area contributed by atoms with E-state index in [0.29, 0.717) is 28.3 Å². The smallest absolute Gasteiger partial charge is 0.339 e. The van der Waals surface area contributed by atoms with Crippen molar-refractivity contribution in [3.8, 4) is 11.5 Å². The van der Waals surface area contributed by atoms with Crippen LogP contribution in [0, 0.1) is 5.92 Å². The Balaban J connectivity index is 2.00. The van der Waals surface area contributed by atoms with Gasteiger partial charge in [-0.05, 0) is 47.5 Å². The summed E-state index contributed by atoms with van der Waals surface area (Å²) in [6, 6.07) is 18.4. The molecule has 0 amide bonds. The molecule has 0 radical (unpaired) electrons. The van der Waals surface area contributed by atoms with Gasteiger partial charge in [0.15, 0.2) is 0 Å².